The monoisotopic (exact) mass is 351 g/mol. The van der Waals surface area contributed by atoms with Crippen LogP contribution in [0.4, 0.5) is 0 Å². The molecule has 1 amide bonds. The Morgan fingerprint density at radius 2 is 1.85 bits per heavy atom. The third-order valence-electron chi connectivity index (χ3n) is 3.80. The molecule has 26 heavy (non-hydrogen) atoms. The first-order valence-corrected chi connectivity index (χ1v) is 8.05. The Morgan fingerprint density at radius 1 is 1.08 bits per heavy atom. The van der Waals surface area contributed by atoms with Crippen molar-refractivity contribution in [3.63, 3.8) is 0 Å². The summed E-state index contributed by atoms with van der Waals surface area (Å²) in [5, 5.41) is 3.20. The highest BCUT2D eigenvalue weighted by molar-refractivity contribution is 5.95. The van der Waals surface area contributed by atoms with Gasteiger partial charge in [-0.2, -0.15) is 0 Å². The van der Waals surface area contributed by atoms with Crippen molar-refractivity contribution < 1.29 is 18.7 Å². The lowest BCUT2D eigenvalue weighted by atomic mass is 10.1. The molecule has 3 aromatic rings. The lowest BCUT2D eigenvalue weighted by Crippen LogP contribution is -2.30. The lowest BCUT2D eigenvalue weighted by molar-refractivity contribution is -0.143. The number of ether oxygens (including phenoxy) is 1. The fraction of sp³-hybridized carbons (Fsp3) is 0.150. The number of nitrogens with one attached hydrogen (secondary N) is 1. The minimum Gasteiger partial charge on any atom is -0.459 e. The van der Waals surface area contributed by atoms with Crippen molar-refractivity contribution in [2.45, 2.75) is 13.5 Å². The molecule has 0 aliphatic rings. The van der Waals surface area contributed by atoms with Crippen molar-refractivity contribution >= 4 is 22.8 Å². The van der Waals surface area contributed by atoms with Crippen molar-refractivity contribution in [2.75, 3.05) is 6.54 Å². The van der Waals surface area contributed by atoms with Gasteiger partial charge in [0.2, 0.25) is 0 Å². The van der Waals surface area contributed by atoms with E-state index >= 15 is 0 Å². The summed E-state index contributed by atoms with van der Waals surface area (Å²) >= 11 is 0. The molecule has 0 saturated carbocycles. The molecule has 0 saturated heterocycles. The number of benzene rings is 2. The maximum Gasteiger partial charge on any atom is 0.336 e. The van der Waals surface area contributed by atoms with E-state index in [1.54, 1.807) is 36.4 Å². The fourth-order valence-electron chi connectivity index (χ4n) is 2.51. The van der Waals surface area contributed by atoms with E-state index in [9.17, 15) is 14.4 Å². The van der Waals surface area contributed by atoms with Crippen LogP contribution in [0.2, 0.25) is 0 Å². The summed E-state index contributed by atoms with van der Waals surface area (Å²) in [7, 11) is 0. The molecular formula is C20H17NO5. The van der Waals surface area contributed by atoms with Gasteiger partial charge in [0.1, 0.15) is 18.7 Å². The number of hydrogen-bond donors (Lipinski definition) is 1. The molecule has 0 atom stereocenters. The molecule has 0 unspecified atom stereocenters. The lowest BCUT2D eigenvalue weighted by Gasteiger charge is -2.08. The van der Waals surface area contributed by atoms with Crippen LogP contribution >= 0.6 is 0 Å². The number of carbonyl (C=O) groups excluding carboxylic acids is 2. The van der Waals surface area contributed by atoms with Crippen molar-refractivity contribution in [1.82, 2.24) is 5.32 Å². The van der Waals surface area contributed by atoms with E-state index in [1.165, 1.54) is 6.07 Å². The van der Waals surface area contributed by atoms with E-state index in [0.717, 1.165) is 5.56 Å². The molecule has 1 N–H and O–H groups in total. The summed E-state index contributed by atoms with van der Waals surface area (Å²) in [4.78, 5) is 35.5. The summed E-state index contributed by atoms with van der Waals surface area (Å²) in [6.07, 6.45) is 0. The van der Waals surface area contributed by atoms with Crippen molar-refractivity contribution in [2.24, 2.45) is 0 Å². The molecule has 132 valence electrons. The first-order valence-electron chi connectivity index (χ1n) is 8.05. The number of hydrogen-bond acceptors (Lipinski definition) is 5. The van der Waals surface area contributed by atoms with E-state index in [1.807, 2.05) is 19.1 Å². The standard InChI is InChI=1S/C20H17NO5/c1-13-7-8-16-15(10-18(22)26-17(16)9-13)12-25-19(23)11-21-20(24)14-5-3-2-4-6-14/h2-10H,11-12H2,1H3,(H,21,24). The molecule has 0 fully saturated rings. The highest BCUT2D eigenvalue weighted by atomic mass is 16.5. The van der Waals surface area contributed by atoms with Gasteiger partial charge in [-0.05, 0) is 30.7 Å². The fourth-order valence-corrected chi connectivity index (χ4v) is 2.51. The van der Waals surface area contributed by atoms with Crippen LogP contribution in [0.15, 0.2) is 63.8 Å². The van der Waals surface area contributed by atoms with Gasteiger partial charge in [0.05, 0.1) is 0 Å². The molecule has 6 heteroatoms. The molecule has 0 aliphatic heterocycles. The Balaban J connectivity index is 1.62. The number of carbonyl (C=O) groups is 2. The first kappa shape index (κ1) is 17.4. The SMILES string of the molecule is Cc1ccc2c(COC(=O)CNC(=O)c3ccccc3)cc(=O)oc2c1. The van der Waals surface area contributed by atoms with Gasteiger partial charge in [-0.15, -0.1) is 0 Å². The van der Waals surface area contributed by atoms with E-state index in [4.69, 9.17) is 9.15 Å². The minimum atomic E-state index is -0.595. The molecule has 1 aromatic heterocycles. The molecule has 6 nitrogen and oxygen atoms in total. The molecule has 0 aliphatic carbocycles. The van der Waals surface area contributed by atoms with E-state index in [-0.39, 0.29) is 19.1 Å². The van der Waals surface area contributed by atoms with Crippen molar-refractivity contribution in [1.29, 1.82) is 0 Å². The third-order valence-corrected chi connectivity index (χ3v) is 3.80. The van der Waals surface area contributed by atoms with Gasteiger partial charge in [0, 0.05) is 22.6 Å². The number of fused-ring (bicyclic) bond motifs is 1. The second-order valence-corrected chi connectivity index (χ2v) is 5.80. The molecule has 3 rings (SSSR count). The number of esters is 1. The zero-order chi connectivity index (χ0) is 18.5. The molecular weight excluding hydrogens is 334 g/mol. The zero-order valence-corrected chi connectivity index (χ0v) is 14.2. The Kier molecular flexibility index (Phi) is 5.12. The Bertz CT molecular complexity index is 1010. The summed E-state index contributed by atoms with van der Waals surface area (Å²) in [5.74, 6) is -0.952. The Labute approximate surface area is 149 Å². The average Bonchev–Trinajstić information content (AvgIpc) is 2.64. The van der Waals surface area contributed by atoms with Crippen LogP contribution in [-0.2, 0) is 16.1 Å². The summed E-state index contributed by atoms with van der Waals surface area (Å²) < 4.78 is 10.3. The van der Waals surface area contributed by atoms with Crippen LogP contribution in [0.25, 0.3) is 11.0 Å². The van der Waals surface area contributed by atoms with Gasteiger partial charge >= 0.3 is 11.6 Å². The largest absolute Gasteiger partial charge is 0.459 e. The number of rotatable bonds is 5. The highest BCUT2D eigenvalue weighted by Crippen LogP contribution is 2.19. The molecule has 2 aromatic carbocycles. The van der Waals surface area contributed by atoms with Crippen molar-refractivity contribution in [3.05, 3.63) is 81.7 Å². The summed E-state index contributed by atoms with van der Waals surface area (Å²) in [6.45, 7) is 1.55. The van der Waals surface area contributed by atoms with Gasteiger partial charge in [0.15, 0.2) is 0 Å². The van der Waals surface area contributed by atoms with Crippen LogP contribution in [0, 0.1) is 6.92 Å². The second-order valence-electron chi connectivity index (χ2n) is 5.80. The van der Waals surface area contributed by atoms with Crippen LogP contribution in [-0.4, -0.2) is 18.4 Å². The predicted octanol–water partition coefficient (Wildman–Crippen LogP) is 2.57. The highest BCUT2D eigenvalue weighted by Gasteiger charge is 2.11. The summed E-state index contributed by atoms with van der Waals surface area (Å²) in [6, 6.07) is 15.3. The Morgan fingerprint density at radius 3 is 2.62 bits per heavy atom. The smallest absolute Gasteiger partial charge is 0.336 e. The quantitative estimate of drug-likeness (QED) is 0.564. The maximum atomic E-state index is 11.9. The zero-order valence-electron chi connectivity index (χ0n) is 14.2. The van der Waals surface area contributed by atoms with E-state index in [2.05, 4.69) is 5.32 Å². The van der Waals surface area contributed by atoms with Crippen LogP contribution in [0.5, 0.6) is 0 Å². The van der Waals surface area contributed by atoms with Gasteiger partial charge in [-0.1, -0.05) is 30.3 Å². The van der Waals surface area contributed by atoms with Gasteiger partial charge < -0.3 is 14.5 Å². The maximum absolute atomic E-state index is 11.9. The van der Waals surface area contributed by atoms with Crippen molar-refractivity contribution in [3.8, 4) is 0 Å². The third kappa shape index (κ3) is 4.16. The topological polar surface area (TPSA) is 85.6 Å². The van der Waals surface area contributed by atoms with Crippen LogP contribution in [0.3, 0.4) is 0 Å². The molecule has 0 radical (unpaired) electrons. The molecule has 0 bridgehead atoms. The molecule has 0 spiro atoms. The predicted molar refractivity (Wildman–Crippen MR) is 95.8 cm³/mol. The number of amides is 1. The minimum absolute atomic E-state index is 0.0782. The van der Waals surface area contributed by atoms with Gasteiger partial charge in [-0.3, -0.25) is 9.59 Å². The van der Waals surface area contributed by atoms with Crippen LogP contribution < -0.4 is 10.9 Å². The van der Waals surface area contributed by atoms with Gasteiger partial charge in [-0.25, -0.2) is 4.79 Å². The van der Waals surface area contributed by atoms with E-state index in [0.29, 0.717) is 22.1 Å². The second kappa shape index (κ2) is 7.65. The number of aryl methyl sites for hydroxylation is 1. The Hall–Kier alpha value is -3.41. The normalized spacial score (nSPS) is 10.5. The first-order chi connectivity index (χ1) is 12.5. The molecule has 1 heterocycles. The van der Waals surface area contributed by atoms with Crippen LogP contribution in [0.1, 0.15) is 21.5 Å². The summed E-state index contributed by atoms with van der Waals surface area (Å²) in [5.41, 5.74) is 1.91. The van der Waals surface area contributed by atoms with E-state index < -0.39 is 11.6 Å². The average molecular weight is 351 g/mol. The van der Waals surface area contributed by atoms with Gasteiger partial charge in [0.25, 0.3) is 5.91 Å².